The zero-order valence-corrected chi connectivity index (χ0v) is 31.3. The first-order valence-corrected chi connectivity index (χ1v) is 20.1. The second-order valence-corrected chi connectivity index (χ2v) is 16.0. The van der Waals surface area contributed by atoms with Gasteiger partial charge in [0.05, 0.1) is 11.4 Å². The van der Waals surface area contributed by atoms with E-state index in [4.69, 9.17) is 14.7 Å². The molecule has 3 heteroatoms. The minimum absolute atomic E-state index is 0.123. The summed E-state index contributed by atoms with van der Waals surface area (Å²) in [6.45, 7) is 0. The number of rotatable bonds is 4. The molecule has 1 aromatic heterocycles. The number of para-hydroxylation sites is 1. The van der Waals surface area contributed by atoms with Gasteiger partial charge in [-0.25, -0.2) is 9.97 Å². The summed E-state index contributed by atoms with van der Waals surface area (Å²) in [6.07, 6.45) is 21.8. The van der Waals surface area contributed by atoms with Crippen molar-refractivity contribution in [3.63, 3.8) is 0 Å². The summed E-state index contributed by atoms with van der Waals surface area (Å²) in [4.78, 5) is 10.5. The van der Waals surface area contributed by atoms with Gasteiger partial charge >= 0.3 is 0 Å². The van der Waals surface area contributed by atoms with Gasteiger partial charge in [0.25, 0.3) is 0 Å². The molecule has 4 aliphatic carbocycles. The van der Waals surface area contributed by atoms with Crippen molar-refractivity contribution in [1.82, 2.24) is 9.97 Å². The van der Waals surface area contributed by atoms with Gasteiger partial charge in [-0.05, 0) is 87.0 Å². The summed E-state index contributed by atoms with van der Waals surface area (Å²) in [6, 6.07) is 50.3. The van der Waals surface area contributed by atoms with Gasteiger partial charge in [-0.1, -0.05) is 158 Å². The maximum absolute atomic E-state index is 6.98. The van der Waals surface area contributed by atoms with E-state index in [0.29, 0.717) is 17.7 Å². The molecule has 2 heterocycles. The number of hydrogen-bond acceptors (Lipinski definition) is 3. The lowest BCUT2D eigenvalue weighted by Gasteiger charge is -2.50. The maximum atomic E-state index is 6.98. The summed E-state index contributed by atoms with van der Waals surface area (Å²) < 4.78 is 6.98. The van der Waals surface area contributed by atoms with Crippen LogP contribution in [-0.4, -0.2) is 16.1 Å². The number of allylic oxidation sites excluding steroid dienone is 7. The van der Waals surface area contributed by atoms with Crippen LogP contribution in [0.3, 0.4) is 0 Å². The predicted molar refractivity (Wildman–Crippen MR) is 232 cm³/mol. The molecule has 57 heavy (non-hydrogen) atoms. The van der Waals surface area contributed by atoms with E-state index in [1.165, 1.54) is 38.6 Å². The first kappa shape index (κ1) is 32.4. The zero-order valence-electron chi connectivity index (χ0n) is 31.3. The highest BCUT2D eigenvalue weighted by atomic mass is 16.5. The fourth-order valence-electron chi connectivity index (χ4n) is 10.6. The quantitative estimate of drug-likeness (QED) is 0.181. The van der Waals surface area contributed by atoms with Crippen LogP contribution in [0, 0.1) is 11.8 Å². The van der Waals surface area contributed by atoms with Crippen molar-refractivity contribution in [2.45, 2.75) is 23.9 Å². The monoisotopic (exact) mass is 730 g/mol. The molecule has 0 radical (unpaired) electrons. The Kier molecular flexibility index (Phi) is 7.16. The van der Waals surface area contributed by atoms with Crippen LogP contribution in [0.2, 0.25) is 0 Å². The molecule has 6 aromatic carbocycles. The van der Waals surface area contributed by atoms with Crippen molar-refractivity contribution in [3.8, 4) is 39.7 Å². The normalized spacial score (nSPS) is 23.1. The van der Waals surface area contributed by atoms with Gasteiger partial charge in [0, 0.05) is 45.4 Å². The second kappa shape index (κ2) is 12.6. The molecule has 5 aliphatic rings. The highest BCUT2D eigenvalue weighted by Crippen LogP contribution is 2.64. The molecule has 3 nitrogen and oxygen atoms in total. The molecule has 5 unspecified atom stereocenters. The third-order valence-electron chi connectivity index (χ3n) is 13.0. The van der Waals surface area contributed by atoms with Gasteiger partial charge in [-0.15, -0.1) is 0 Å². The van der Waals surface area contributed by atoms with Gasteiger partial charge in [0.1, 0.15) is 11.9 Å². The van der Waals surface area contributed by atoms with Crippen molar-refractivity contribution >= 4 is 22.4 Å². The van der Waals surface area contributed by atoms with Crippen molar-refractivity contribution in [3.05, 3.63) is 222 Å². The summed E-state index contributed by atoms with van der Waals surface area (Å²) >= 11 is 0. The Balaban J connectivity index is 0.965. The summed E-state index contributed by atoms with van der Waals surface area (Å²) in [5.74, 6) is 2.43. The molecule has 0 saturated heterocycles. The minimum atomic E-state index is -0.247. The van der Waals surface area contributed by atoms with Crippen molar-refractivity contribution in [2.75, 3.05) is 0 Å². The van der Waals surface area contributed by atoms with E-state index >= 15 is 0 Å². The SMILES string of the molecule is C1=CC2c3ccccc3C3(c4ccccc4OC4C=C(c5cccc(-c6nc(-c7ccccc7)cc(-c7cc8c9c(cccc9c7)CC=C8)n6)c5)C=CC43)C2C=C1. The van der Waals surface area contributed by atoms with Crippen LogP contribution in [0.1, 0.15) is 39.3 Å². The van der Waals surface area contributed by atoms with E-state index in [0.717, 1.165) is 51.4 Å². The summed E-state index contributed by atoms with van der Waals surface area (Å²) in [7, 11) is 0. The number of benzene rings is 6. The fourth-order valence-corrected chi connectivity index (χ4v) is 10.6. The minimum Gasteiger partial charge on any atom is -0.485 e. The third kappa shape index (κ3) is 4.91. The second-order valence-electron chi connectivity index (χ2n) is 16.0. The van der Waals surface area contributed by atoms with Crippen LogP contribution < -0.4 is 4.74 Å². The number of aromatic nitrogens is 2. The van der Waals surface area contributed by atoms with Crippen LogP contribution >= 0.6 is 0 Å². The molecule has 0 N–H and O–H groups in total. The smallest absolute Gasteiger partial charge is 0.160 e. The van der Waals surface area contributed by atoms with Gasteiger partial charge < -0.3 is 4.74 Å². The van der Waals surface area contributed by atoms with Crippen molar-refractivity contribution in [1.29, 1.82) is 0 Å². The average molecular weight is 731 g/mol. The largest absolute Gasteiger partial charge is 0.485 e. The molecule has 12 rings (SSSR count). The molecular weight excluding hydrogens is 693 g/mol. The van der Waals surface area contributed by atoms with Gasteiger partial charge in [0.2, 0.25) is 0 Å². The molecular formula is C54H38N2O. The Morgan fingerprint density at radius 2 is 1.35 bits per heavy atom. The lowest BCUT2D eigenvalue weighted by Crippen LogP contribution is -2.50. The maximum Gasteiger partial charge on any atom is 0.160 e. The Morgan fingerprint density at radius 3 is 2.28 bits per heavy atom. The number of fused-ring (bicyclic) bond motifs is 9. The van der Waals surface area contributed by atoms with Crippen LogP contribution in [0.15, 0.2) is 188 Å². The van der Waals surface area contributed by atoms with Crippen molar-refractivity contribution in [2.24, 2.45) is 11.8 Å². The fraction of sp³-hybridized carbons (Fsp3) is 0.111. The highest BCUT2D eigenvalue weighted by Gasteiger charge is 2.60. The van der Waals surface area contributed by atoms with E-state index in [9.17, 15) is 0 Å². The van der Waals surface area contributed by atoms with Gasteiger partial charge in [-0.2, -0.15) is 0 Å². The van der Waals surface area contributed by atoms with E-state index in [2.05, 4.69) is 188 Å². The van der Waals surface area contributed by atoms with Crippen LogP contribution in [0.4, 0.5) is 0 Å². The van der Waals surface area contributed by atoms with Gasteiger partial charge in [-0.3, -0.25) is 0 Å². The van der Waals surface area contributed by atoms with E-state index in [1.54, 1.807) is 0 Å². The highest BCUT2D eigenvalue weighted by molar-refractivity contribution is 5.98. The van der Waals surface area contributed by atoms with Crippen LogP contribution in [0.25, 0.3) is 56.3 Å². The number of hydrogen-bond donors (Lipinski definition) is 0. The molecule has 0 saturated carbocycles. The molecule has 270 valence electrons. The molecule has 0 amide bonds. The Labute approximate surface area is 332 Å². The third-order valence-corrected chi connectivity index (χ3v) is 13.0. The van der Waals surface area contributed by atoms with E-state index < -0.39 is 0 Å². The molecule has 0 bridgehead atoms. The lowest BCUT2D eigenvalue weighted by atomic mass is 9.56. The molecule has 7 aromatic rings. The van der Waals surface area contributed by atoms with E-state index in [-0.39, 0.29) is 17.4 Å². The first-order chi connectivity index (χ1) is 28.2. The van der Waals surface area contributed by atoms with Gasteiger partial charge in [0.15, 0.2) is 5.82 Å². The lowest BCUT2D eigenvalue weighted by molar-refractivity contribution is 0.107. The Hall–Kier alpha value is -6.84. The van der Waals surface area contributed by atoms with Crippen LogP contribution in [0.5, 0.6) is 5.75 Å². The summed E-state index contributed by atoms with van der Waals surface area (Å²) in [5.41, 5.74) is 13.7. The first-order valence-electron chi connectivity index (χ1n) is 20.1. The standard InChI is InChI=1S/C54H38N2O/c1-2-13-34(14-3-1)48-33-49(41-30-38-18-10-15-35-16-11-19-39(31-41)52(35)38)56-53(55-48)40-20-12-17-36(29-40)37-27-28-47-51(32-37)57-50-26-9-8-25-46(50)54(47)44-23-6-4-21-42(44)43-22-5-7-24-45(43)54/h1-15,17-33,42,44,47,51H,16H2. The Morgan fingerprint density at radius 1 is 0.579 bits per heavy atom. The van der Waals surface area contributed by atoms with Crippen molar-refractivity contribution < 1.29 is 4.74 Å². The summed E-state index contributed by atoms with van der Waals surface area (Å²) in [5, 5.41) is 2.58. The number of nitrogens with zero attached hydrogens (tertiary/aromatic N) is 2. The predicted octanol–water partition coefficient (Wildman–Crippen LogP) is 12.4. The zero-order chi connectivity index (χ0) is 37.5. The number of ether oxygens (including phenoxy) is 1. The van der Waals surface area contributed by atoms with Crippen LogP contribution in [-0.2, 0) is 11.8 Å². The van der Waals surface area contributed by atoms with E-state index in [1.807, 2.05) is 6.07 Å². The molecule has 1 spiro atoms. The average Bonchev–Trinajstić information content (AvgIpc) is 3.57. The molecule has 5 atom stereocenters. The topological polar surface area (TPSA) is 35.0 Å². The molecule has 1 aliphatic heterocycles. The Bertz CT molecular complexity index is 2950. The molecule has 0 fully saturated rings.